The van der Waals surface area contributed by atoms with Crippen LogP contribution in [0.25, 0.3) is 0 Å². The molecular weight excluding hydrogens is 218 g/mol. The van der Waals surface area contributed by atoms with Crippen LogP contribution in [0, 0.1) is 0 Å². The van der Waals surface area contributed by atoms with Crippen LogP contribution < -0.4 is 11.5 Å². The molecule has 1 aromatic rings. The van der Waals surface area contributed by atoms with Crippen LogP contribution in [0.3, 0.4) is 0 Å². The van der Waals surface area contributed by atoms with E-state index in [0.717, 1.165) is 18.4 Å². The lowest BCUT2D eigenvalue weighted by Gasteiger charge is -2.11. The Hall–Kier alpha value is -1.46. The van der Waals surface area contributed by atoms with Gasteiger partial charge in [-0.3, -0.25) is 9.78 Å². The SMILES string of the molecule is NCC1CCC(C(=O)Cc2cnccc2N)O1. The number of aromatic nitrogens is 1. The van der Waals surface area contributed by atoms with Crippen LogP contribution in [0.1, 0.15) is 18.4 Å². The van der Waals surface area contributed by atoms with Gasteiger partial charge in [-0.1, -0.05) is 0 Å². The summed E-state index contributed by atoms with van der Waals surface area (Å²) in [6, 6.07) is 1.70. The topological polar surface area (TPSA) is 91.2 Å². The molecule has 1 aliphatic rings. The highest BCUT2D eigenvalue weighted by molar-refractivity contribution is 5.86. The Morgan fingerprint density at radius 3 is 3.00 bits per heavy atom. The van der Waals surface area contributed by atoms with E-state index >= 15 is 0 Å². The van der Waals surface area contributed by atoms with Crippen molar-refractivity contribution in [2.45, 2.75) is 31.5 Å². The Morgan fingerprint density at radius 2 is 2.35 bits per heavy atom. The maximum absolute atomic E-state index is 12.0. The van der Waals surface area contributed by atoms with Gasteiger partial charge in [0.05, 0.1) is 6.10 Å². The van der Waals surface area contributed by atoms with Crippen LogP contribution in [-0.2, 0) is 16.0 Å². The second-order valence-corrected chi connectivity index (χ2v) is 4.28. The molecule has 1 saturated heterocycles. The lowest BCUT2D eigenvalue weighted by Crippen LogP contribution is -2.26. The molecule has 0 aliphatic carbocycles. The van der Waals surface area contributed by atoms with Crippen molar-refractivity contribution in [1.29, 1.82) is 0 Å². The molecule has 0 amide bonds. The number of hydrogen-bond acceptors (Lipinski definition) is 5. The van der Waals surface area contributed by atoms with Crippen molar-refractivity contribution in [2.24, 2.45) is 5.73 Å². The van der Waals surface area contributed by atoms with Crippen molar-refractivity contribution >= 4 is 11.5 Å². The highest BCUT2D eigenvalue weighted by Gasteiger charge is 2.29. The average Bonchev–Trinajstić information content (AvgIpc) is 2.81. The summed E-state index contributed by atoms with van der Waals surface area (Å²) in [4.78, 5) is 15.9. The summed E-state index contributed by atoms with van der Waals surface area (Å²) in [7, 11) is 0. The van der Waals surface area contributed by atoms with Crippen LogP contribution in [-0.4, -0.2) is 29.5 Å². The van der Waals surface area contributed by atoms with Crippen molar-refractivity contribution in [1.82, 2.24) is 4.98 Å². The van der Waals surface area contributed by atoms with Gasteiger partial charge in [-0.05, 0) is 18.9 Å². The third kappa shape index (κ3) is 2.81. The van der Waals surface area contributed by atoms with E-state index in [4.69, 9.17) is 16.2 Å². The average molecular weight is 235 g/mol. The van der Waals surface area contributed by atoms with E-state index in [0.29, 0.717) is 12.2 Å². The zero-order chi connectivity index (χ0) is 12.3. The minimum atomic E-state index is -0.330. The molecule has 2 heterocycles. The minimum Gasteiger partial charge on any atom is -0.398 e. The number of carbonyl (C=O) groups excluding carboxylic acids is 1. The van der Waals surface area contributed by atoms with E-state index in [9.17, 15) is 4.79 Å². The molecule has 1 aromatic heterocycles. The highest BCUT2D eigenvalue weighted by Crippen LogP contribution is 2.21. The molecule has 92 valence electrons. The van der Waals surface area contributed by atoms with Gasteiger partial charge in [-0.25, -0.2) is 0 Å². The van der Waals surface area contributed by atoms with E-state index in [1.807, 2.05) is 0 Å². The molecule has 1 fully saturated rings. The predicted molar refractivity (Wildman–Crippen MR) is 64.3 cm³/mol. The van der Waals surface area contributed by atoms with Gasteiger partial charge in [-0.15, -0.1) is 0 Å². The number of ketones is 1. The number of nitrogens with two attached hydrogens (primary N) is 2. The molecule has 1 aliphatic heterocycles. The standard InChI is InChI=1S/C12H17N3O2/c13-6-9-1-2-12(17-9)11(16)5-8-7-15-4-3-10(8)14/h3-4,7,9,12H,1-2,5-6,13H2,(H2,14,15). The number of anilines is 1. The number of ether oxygens (including phenoxy) is 1. The maximum Gasteiger partial charge on any atom is 0.166 e. The second kappa shape index (κ2) is 5.25. The number of rotatable bonds is 4. The normalized spacial score (nSPS) is 23.8. The van der Waals surface area contributed by atoms with Crippen LogP contribution in [0.15, 0.2) is 18.5 Å². The van der Waals surface area contributed by atoms with Crippen LogP contribution in [0.4, 0.5) is 5.69 Å². The summed E-state index contributed by atoms with van der Waals surface area (Å²) in [5.74, 6) is 0.0562. The molecule has 4 N–H and O–H groups in total. The molecule has 2 rings (SSSR count). The first-order valence-corrected chi connectivity index (χ1v) is 5.77. The van der Waals surface area contributed by atoms with E-state index < -0.39 is 0 Å². The van der Waals surface area contributed by atoms with E-state index in [-0.39, 0.29) is 24.4 Å². The Labute approximate surface area is 100 Å². The number of nitrogen functional groups attached to an aromatic ring is 1. The van der Waals surface area contributed by atoms with Crippen molar-refractivity contribution in [3.8, 4) is 0 Å². The van der Waals surface area contributed by atoms with Gasteiger partial charge in [0, 0.05) is 36.6 Å². The van der Waals surface area contributed by atoms with Gasteiger partial charge in [-0.2, -0.15) is 0 Å². The zero-order valence-corrected chi connectivity index (χ0v) is 9.63. The van der Waals surface area contributed by atoms with Gasteiger partial charge in [0.1, 0.15) is 6.10 Å². The van der Waals surface area contributed by atoms with Gasteiger partial charge in [0.25, 0.3) is 0 Å². The zero-order valence-electron chi connectivity index (χ0n) is 9.63. The summed E-state index contributed by atoms with van der Waals surface area (Å²) in [5, 5.41) is 0. The third-order valence-corrected chi connectivity index (χ3v) is 3.04. The largest absolute Gasteiger partial charge is 0.398 e. The first-order valence-electron chi connectivity index (χ1n) is 5.77. The minimum absolute atomic E-state index is 0.0233. The van der Waals surface area contributed by atoms with Crippen molar-refractivity contribution < 1.29 is 9.53 Å². The van der Waals surface area contributed by atoms with Gasteiger partial charge >= 0.3 is 0 Å². The van der Waals surface area contributed by atoms with E-state index in [2.05, 4.69) is 4.98 Å². The fourth-order valence-electron chi connectivity index (χ4n) is 2.00. The van der Waals surface area contributed by atoms with Crippen LogP contribution in [0.2, 0.25) is 0 Å². The van der Waals surface area contributed by atoms with Gasteiger partial charge < -0.3 is 16.2 Å². The monoisotopic (exact) mass is 235 g/mol. The first-order chi connectivity index (χ1) is 8.20. The Kier molecular flexibility index (Phi) is 3.71. The predicted octanol–water partition coefficient (Wildman–Crippen LogP) is 0.282. The smallest absolute Gasteiger partial charge is 0.166 e. The summed E-state index contributed by atoms with van der Waals surface area (Å²) in [6.45, 7) is 0.471. The molecule has 0 radical (unpaired) electrons. The molecule has 5 nitrogen and oxygen atoms in total. The number of pyridine rings is 1. The number of nitrogens with zero attached hydrogens (tertiary/aromatic N) is 1. The van der Waals surface area contributed by atoms with Crippen molar-refractivity contribution in [3.05, 3.63) is 24.0 Å². The van der Waals surface area contributed by atoms with E-state index in [1.54, 1.807) is 18.5 Å². The number of Topliss-reactive ketones (excluding diaryl/α,β-unsaturated/α-hetero) is 1. The Bertz CT molecular complexity index is 408. The fraction of sp³-hybridized carbons (Fsp3) is 0.500. The van der Waals surface area contributed by atoms with Gasteiger partial charge in [0.15, 0.2) is 5.78 Å². The Balaban J connectivity index is 1.96. The first kappa shape index (κ1) is 12.0. The quantitative estimate of drug-likeness (QED) is 0.782. The summed E-state index contributed by atoms with van der Waals surface area (Å²) in [5.41, 5.74) is 12.6. The molecule has 17 heavy (non-hydrogen) atoms. The lowest BCUT2D eigenvalue weighted by molar-refractivity contribution is -0.128. The van der Waals surface area contributed by atoms with E-state index in [1.165, 1.54) is 0 Å². The number of hydrogen-bond donors (Lipinski definition) is 2. The molecule has 0 aromatic carbocycles. The second-order valence-electron chi connectivity index (χ2n) is 4.28. The van der Waals surface area contributed by atoms with Crippen molar-refractivity contribution in [2.75, 3.05) is 12.3 Å². The third-order valence-electron chi connectivity index (χ3n) is 3.04. The van der Waals surface area contributed by atoms with Crippen molar-refractivity contribution in [3.63, 3.8) is 0 Å². The molecule has 5 heteroatoms. The maximum atomic E-state index is 12.0. The van der Waals surface area contributed by atoms with Crippen LogP contribution >= 0.6 is 0 Å². The summed E-state index contributed by atoms with van der Waals surface area (Å²) in [6.07, 6.45) is 4.82. The summed E-state index contributed by atoms with van der Waals surface area (Å²) >= 11 is 0. The summed E-state index contributed by atoms with van der Waals surface area (Å²) < 4.78 is 5.55. The molecule has 0 saturated carbocycles. The van der Waals surface area contributed by atoms with Gasteiger partial charge in [0.2, 0.25) is 0 Å². The molecule has 0 bridgehead atoms. The highest BCUT2D eigenvalue weighted by atomic mass is 16.5. The fourth-order valence-corrected chi connectivity index (χ4v) is 2.00. The lowest BCUT2D eigenvalue weighted by atomic mass is 10.0. The number of carbonyl (C=O) groups is 1. The molecule has 2 unspecified atom stereocenters. The molecular formula is C12H17N3O2. The Morgan fingerprint density at radius 1 is 1.53 bits per heavy atom. The van der Waals surface area contributed by atoms with Crippen LogP contribution in [0.5, 0.6) is 0 Å². The molecule has 0 spiro atoms. The molecule has 2 atom stereocenters.